The van der Waals surface area contributed by atoms with E-state index >= 15 is 0 Å². The van der Waals surface area contributed by atoms with Crippen LogP contribution >= 0.6 is 0 Å². The second-order valence-electron chi connectivity index (χ2n) is 7.08. The van der Waals surface area contributed by atoms with Crippen molar-refractivity contribution in [3.8, 4) is 12.3 Å². The van der Waals surface area contributed by atoms with Gasteiger partial charge < -0.3 is 9.30 Å². The Kier molecular flexibility index (Phi) is 5.02. The van der Waals surface area contributed by atoms with Crippen LogP contribution in [0, 0.1) is 23.7 Å². The first-order chi connectivity index (χ1) is 11.9. The molecule has 0 bridgehead atoms. The highest BCUT2D eigenvalue weighted by Crippen LogP contribution is 2.70. The predicted octanol–water partition coefficient (Wildman–Crippen LogP) is 4.47. The number of carbonyl (C=O) groups excluding carboxylic acids is 1. The van der Waals surface area contributed by atoms with E-state index in [9.17, 15) is 22.4 Å². The summed E-state index contributed by atoms with van der Waals surface area (Å²) in [6.45, 7) is 6.76. The van der Waals surface area contributed by atoms with E-state index in [0.29, 0.717) is 5.56 Å². The topological polar surface area (TPSA) is 31.2 Å². The average Bonchev–Trinajstić information content (AvgIpc) is 2.87. The van der Waals surface area contributed by atoms with Crippen LogP contribution in [0.2, 0.25) is 0 Å². The molecule has 0 spiro atoms. The maximum atomic E-state index is 14.0. The van der Waals surface area contributed by atoms with Gasteiger partial charge in [-0.2, -0.15) is 17.6 Å². The van der Waals surface area contributed by atoms with E-state index in [4.69, 9.17) is 6.42 Å². The SMILES string of the molecule is C#CCn1cc([C@]2(C)C(C=C(F)C(=O)OCC)C2(C)C)cc1C(F)(F)F. The third-order valence-corrected chi connectivity index (χ3v) is 5.49. The molecule has 0 aliphatic heterocycles. The van der Waals surface area contributed by atoms with Crippen molar-refractivity contribution in [2.24, 2.45) is 11.3 Å². The molecular formula is C19H21F4NO2. The number of aromatic nitrogens is 1. The molecule has 3 nitrogen and oxygen atoms in total. The summed E-state index contributed by atoms with van der Waals surface area (Å²) in [6, 6.07) is 1.05. The maximum absolute atomic E-state index is 14.0. The molecule has 1 heterocycles. The number of allylic oxidation sites excluding steroid dienone is 1. The highest BCUT2D eigenvalue weighted by atomic mass is 19.4. The summed E-state index contributed by atoms with van der Waals surface area (Å²) in [5.74, 6) is -0.357. The first-order valence-electron chi connectivity index (χ1n) is 8.17. The Balaban J connectivity index is 2.43. The Labute approximate surface area is 150 Å². The summed E-state index contributed by atoms with van der Waals surface area (Å²) in [5, 5.41) is 0. The van der Waals surface area contributed by atoms with E-state index in [2.05, 4.69) is 10.7 Å². The van der Waals surface area contributed by atoms with Crippen LogP contribution in [-0.2, 0) is 27.7 Å². The van der Waals surface area contributed by atoms with E-state index in [-0.39, 0.29) is 13.2 Å². The van der Waals surface area contributed by atoms with Gasteiger partial charge in [0.15, 0.2) is 0 Å². The van der Waals surface area contributed by atoms with Crippen LogP contribution in [0.15, 0.2) is 24.2 Å². The van der Waals surface area contributed by atoms with Crippen LogP contribution in [0.1, 0.15) is 39.0 Å². The third kappa shape index (κ3) is 3.13. The summed E-state index contributed by atoms with van der Waals surface area (Å²) in [7, 11) is 0. The van der Waals surface area contributed by atoms with Gasteiger partial charge in [-0.3, -0.25) is 0 Å². The number of hydrogen-bond acceptors (Lipinski definition) is 2. The van der Waals surface area contributed by atoms with Gasteiger partial charge in [-0.25, -0.2) is 4.79 Å². The Morgan fingerprint density at radius 2 is 2.04 bits per heavy atom. The fourth-order valence-electron chi connectivity index (χ4n) is 3.63. The lowest BCUT2D eigenvalue weighted by Gasteiger charge is -2.12. The minimum atomic E-state index is -4.55. The molecule has 26 heavy (non-hydrogen) atoms. The van der Waals surface area contributed by atoms with Crippen molar-refractivity contribution in [3.05, 3.63) is 35.4 Å². The molecule has 1 aliphatic rings. The van der Waals surface area contributed by atoms with Gasteiger partial charge in [0, 0.05) is 11.6 Å². The smallest absolute Gasteiger partial charge is 0.431 e. The lowest BCUT2D eigenvalue weighted by Crippen LogP contribution is -2.12. The van der Waals surface area contributed by atoms with Crippen LogP contribution < -0.4 is 0 Å². The molecule has 0 N–H and O–H groups in total. The van der Waals surface area contributed by atoms with Crippen LogP contribution in [0.3, 0.4) is 0 Å². The predicted molar refractivity (Wildman–Crippen MR) is 88.7 cm³/mol. The molecule has 1 fully saturated rings. The lowest BCUT2D eigenvalue weighted by atomic mass is 9.91. The van der Waals surface area contributed by atoms with Crippen molar-refractivity contribution in [3.63, 3.8) is 0 Å². The number of terminal acetylenes is 1. The van der Waals surface area contributed by atoms with Gasteiger partial charge in [0.2, 0.25) is 5.83 Å². The quantitative estimate of drug-likeness (QED) is 0.331. The molecule has 0 aromatic carbocycles. The van der Waals surface area contributed by atoms with Crippen LogP contribution in [0.5, 0.6) is 0 Å². The van der Waals surface area contributed by atoms with Gasteiger partial charge in [0.1, 0.15) is 5.69 Å². The zero-order chi connectivity index (χ0) is 19.9. The first kappa shape index (κ1) is 20.1. The molecule has 1 aromatic rings. The van der Waals surface area contributed by atoms with Crippen molar-refractivity contribution >= 4 is 5.97 Å². The molecule has 0 amide bonds. The molecule has 0 radical (unpaired) electrons. The Bertz CT molecular complexity index is 782. The van der Waals surface area contributed by atoms with E-state index in [1.807, 2.05) is 13.8 Å². The fourth-order valence-corrected chi connectivity index (χ4v) is 3.63. The summed E-state index contributed by atoms with van der Waals surface area (Å²) >= 11 is 0. The second-order valence-corrected chi connectivity index (χ2v) is 7.08. The van der Waals surface area contributed by atoms with Crippen LogP contribution in [0.4, 0.5) is 17.6 Å². The summed E-state index contributed by atoms with van der Waals surface area (Å²) in [5.41, 5.74) is -1.75. The highest BCUT2D eigenvalue weighted by Gasteiger charge is 2.68. The summed E-state index contributed by atoms with van der Waals surface area (Å²) in [6.07, 6.45) is 3.12. The molecule has 1 aliphatic carbocycles. The van der Waals surface area contributed by atoms with Gasteiger partial charge in [-0.15, -0.1) is 6.42 Å². The molecule has 1 saturated carbocycles. The van der Waals surface area contributed by atoms with E-state index in [0.717, 1.165) is 16.7 Å². The maximum Gasteiger partial charge on any atom is 0.431 e. The number of alkyl halides is 3. The molecule has 0 saturated heterocycles. The van der Waals surface area contributed by atoms with Crippen LogP contribution in [-0.4, -0.2) is 17.1 Å². The van der Waals surface area contributed by atoms with Crippen molar-refractivity contribution in [2.75, 3.05) is 6.61 Å². The van der Waals surface area contributed by atoms with Gasteiger partial charge in [0.05, 0.1) is 13.2 Å². The monoisotopic (exact) mass is 371 g/mol. The molecule has 7 heteroatoms. The van der Waals surface area contributed by atoms with Crippen molar-refractivity contribution in [2.45, 2.75) is 45.8 Å². The Morgan fingerprint density at radius 1 is 1.42 bits per heavy atom. The number of rotatable bonds is 5. The Hall–Kier alpha value is -2.23. The summed E-state index contributed by atoms with van der Waals surface area (Å²) in [4.78, 5) is 11.5. The van der Waals surface area contributed by atoms with Crippen molar-refractivity contribution in [1.82, 2.24) is 4.57 Å². The minimum Gasteiger partial charge on any atom is -0.461 e. The lowest BCUT2D eigenvalue weighted by molar-refractivity contribution is -0.143. The summed E-state index contributed by atoms with van der Waals surface area (Å²) < 4.78 is 59.4. The van der Waals surface area contributed by atoms with Gasteiger partial charge in [0.25, 0.3) is 0 Å². The fraction of sp³-hybridized carbons (Fsp3) is 0.526. The molecule has 1 aromatic heterocycles. The van der Waals surface area contributed by atoms with E-state index in [1.165, 1.54) is 6.20 Å². The molecule has 2 rings (SSSR count). The number of nitrogens with zero attached hydrogens (tertiary/aromatic N) is 1. The number of esters is 1. The number of hydrogen-bond donors (Lipinski definition) is 0. The van der Waals surface area contributed by atoms with Gasteiger partial charge >= 0.3 is 12.1 Å². The molecule has 142 valence electrons. The van der Waals surface area contributed by atoms with Crippen LogP contribution in [0.25, 0.3) is 0 Å². The second kappa shape index (κ2) is 6.49. The van der Waals surface area contributed by atoms with Gasteiger partial charge in [-0.05, 0) is 36.0 Å². The Morgan fingerprint density at radius 3 is 2.54 bits per heavy atom. The molecular weight excluding hydrogens is 350 g/mol. The third-order valence-electron chi connectivity index (χ3n) is 5.49. The van der Waals surface area contributed by atoms with E-state index < -0.39 is 40.4 Å². The molecule has 1 unspecified atom stereocenters. The average molecular weight is 371 g/mol. The number of ether oxygens (including phenoxy) is 1. The van der Waals surface area contributed by atoms with Gasteiger partial charge in [-0.1, -0.05) is 26.7 Å². The zero-order valence-corrected chi connectivity index (χ0v) is 15.1. The largest absolute Gasteiger partial charge is 0.461 e. The van der Waals surface area contributed by atoms with Crippen molar-refractivity contribution < 1.29 is 27.1 Å². The highest BCUT2D eigenvalue weighted by molar-refractivity contribution is 5.86. The van der Waals surface area contributed by atoms with E-state index in [1.54, 1.807) is 13.8 Å². The van der Waals surface area contributed by atoms with Crippen molar-refractivity contribution in [1.29, 1.82) is 0 Å². The standard InChI is InChI=1S/C19H21F4NO2/c1-6-8-24-11-12(9-15(24)19(21,22)23)18(5)14(17(18,3)4)10-13(20)16(25)26-7-2/h1,9-11,14H,7-8H2,2-5H3/t14?,18-/m1/s1. The normalized spacial score (nSPS) is 24.9. The minimum absolute atomic E-state index is 0.0370. The zero-order valence-electron chi connectivity index (χ0n) is 15.1. The number of halogens is 4. The number of carbonyl (C=O) groups is 1. The molecule has 2 atom stereocenters. The first-order valence-corrected chi connectivity index (χ1v) is 8.17.